The molecule has 0 unspecified atom stereocenters. The Bertz CT molecular complexity index is 1090. The summed E-state index contributed by atoms with van der Waals surface area (Å²) in [5, 5.41) is 7.32. The van der Waals surface area contributed by atoms with Gasteiger partial charge in [-0.3, -0.25) is 0 Å². The van der Waals surface area contributed by atoms with Crippen molar-refractivity contribution in [2.75, 3.05) is 5.73 Å². The molecule has 8 heteroatoms. The molecule has 0 amide bonds. The van der Waals surface area contributed by atoms with Gasteiger partial charge in [0.05, 0.1) is 11.4 Å². The number of hydrogen-bond donors (Lipinski definition) is 1. The van der Waals surface area contributed by atoms with E-state index in [2.05, 4.69) is 32.0 Å². The zero-order chi connectivity index (χ0) is 19.5. The number of nitrogens with zero attached hydrogens (tertiary/aromatic N) is 4. The van der Waals surface area contributed by atoms with Crippen LogP contribution in [0, 0.1) is 6.92 Å². The third kappa shape index (κ3) is 4.23. The number of halogens is 1. The van der Waals surface area contributed by atoms with E-state index in [4.69, 9.17) is 15.6 Å². The summed E-state index contributed by atoms with van der Waals surface area (Å²) in [5.41, 5.74) is 8.65. The normalized spacial score (nSPS) is 10.9. The molecule has 0 spiro atoms. The van der Waals surface area contributed by atoms with E-state index < -0.39 is 0 Å². The van der Waals surface area contributed by atoms with Crippen LogP contribution in [0.5, 0.6) is 11.5 Å². The molecular formula is C20H18BrN5OS. The van der Waals surface area contributed by atoms with Gasteiger partial charge in [0.2, 0.25) is 0 Å². The van der Waals surface area contributed by atoms with Gasteiger partial charge >= 0.3 is 0 Å². The highest BCUT2D eigenvalue weighted by molar-refractivity contribution is 9.10. The molecule has 2 N–H and O–H groups in total. The maximum absolute atomic E-state index is 6.07. The monoisotopic (exact) mass is 455 g/mol. The number of nitrogens with two attached hydrogens (primary N) is 1. The molecule has 0 saturated heterocycles. The summed E-state index contributed by atoms with van der Waals surface area (Å²) in [5.74, 6) is 2.02. The van der Waals surface area contributed by atoms with E-state index in [1.165, 1.54) is 11.3 Å². The first-order valence-corrected chi connectivity index (χ1v) is 10.4. The van der Waals surface area contributed by atoms with E-state index in [0.717, 1.165) is 40.1 Å². The van der Waals surface area contributed by atoms with Crippen LogP contribution in [-0.4, -0.2) is 19.7 Å². The molecule has 28 heavy (non-hydrogen) atoms. The highest BCUT2D eigenvalue weighted by Gasteiger charge is 2.15. The lowest BCUT2D eigenvalue weighted by Gasteiger charge is -2.12. The Labute approximate surface area is 175 Å². The van der Waals surface area contributed by atoms with Crippen LogP contribution in [-0.2, 0) is 12.8 Å². The second-order valence-corrected chi connectivity index (χ2v) is 8.06. The fraction of sp³-hybridized carbons (Fsp3) is 0.150. The van der Waals surface area contributed by atoms with Gasteiger partial charge < -0.3 is 10.5 Å². The van der Waals surface area contributed by atoms with Crippen molar-refractivity contribution in [1.82, 2.24) is 19.7 Å². The minimum absolute atomic E-state index is 0.596. The topological polar surface area (TPSA) is 78.9 Å². The van der Waals surface area contributed by atoms with Gasteiger partial charge in [-0.2, -0.15) is 5.10 Å². The summed E-state index contributed by atoms with van der Waals surface area (Å²) < 4.78 is 8.72. The van der Waals surface area contributed by atoms with Crippen molar-refractivity contribution in [3.63, 3.8) is 0 Å². The van der Waals surface area contributed by atoms with Gasteiger partial charge in [0.15, 0.2) is 16.7 Å². The van der Waals surface area contributed by atoms with E-state index in [1.54, 1.807) is 6.20 Å². The Morgan fingerprint density at radius 1 is 1.14 bits per heavy atom. The summed E-state index contributed by atoms with van der Waals surface area (Å²) in [4.78, 5) is 8.85. The maximum Gasteiger partial charge on any atom is 0.197 e. The van der Waals surface area contributed by atoms with Crippen LogP contribution in [0.3, 0.4) is 0 Å². The van der Waals surface area contributed by atoms with E-state index in [0.29, 0.717) is 16.7 Å². The first-order chi connectivity index (χ1) is 13.6. The van der Waals surface area contributed by atoms with Gasteiger partial charge in [-0.25, -0.2) is 14.6 Å². The zero-order valence-corrected chi connectivity index (χ0v) is 17.6. The van der Waals surface area contributed by atoms with Crippen molar-refractivity contribution in [3.05, 3.63) is 75.6 Å². The highest BCUT2D eigenvalue weighted by Crippen LogP contribution is 2.30. The van der Waals surface area contributed by atoms with Crippen molar-refractivity contribution in [2.24, 2.45) is 0 Å². The molecular weight excluding hydrogens is 438 g/mol. The fourth-order valence-corrected chi connectivity index (χ4v) is 3.74. The van der Waals surface area contributed by atoms with Gasteiger partial charge in [-0.15, -0.1) is 11.3 Å². The van der Waals surface area contributed by atoms with E-state index in [9.17, 15) is 0 Å². The van der Waals surface area contributed by atoms with Gasteiger partial charge in [-0.05, 0) is 53.9 Å². The molecule has 0 atom stereocenters. The largest absolute Gasteiger partial charge is 0.453 e. The molecule has 6 nitrogen and oxygen atoms in total. The van der Waals surface area contributed by atoms with Gasteiger partial charge in [0.25, 0.3) is 0 Å². The van der Waals surface area contributed by atoms with Gasteiger partial charge in [0, 0.05) is 27.8 Å². The Hall–Kier alpha value is -2.71. The zero-order valence-electron chi connectivity index (χ0n) is 15.2. The second-order valence-electron chi connectivity index (χ2n) is 6.26. The standard InChI is InChI=1S/C20H18BrN5OS/c1-13-9-15(7-8-16-12-28-20(22)24-16)25-26(13)19-18(10-14(21)11-23-19)27-17-5-3-2-4-6-17/h2-6,9-12H,7-8H2,1H3,(H2,22,24). The minimum Gasteiger partial charge on any atom is -0.453 e. The van der Waals surface area contributed by atoms with E-state index in [-0.39, 0.29) is 0 Å². The smallest absolute Gasteiger partial charge is 0.197 e. The van der Waals surface area contributed by atoms with Crippen molar-refractivity contribution in [1.29, 1.82) is 0 Å². The van der Waals surface area contributed by atoms with E-state index in [1.807, 2.05) is 53.4 Å². The van der Waals surface area contributed by atoms with Gasteiger partial charge in [-0.1, -0.05) is 18.2 Å². The summed E-state index contributed by atoms with van der Waals surface area (Å²) in [6, 6.07) is 13.6. The number of anilines is 1. The van der Waals surface area contributed by atoms with Crippen molar-refractivity contribution in [2.45, 2.75) is 19.8 Å². The lowest BCUT2D eigenvalue weighted by molar-refractivity contribution is 0.473. The number of nitrogen functional groups attached to an aromatic ring is 1. The van der Waals surface area contributed by atoms with Crippen LogP contribution in [0.4, 0.5) is 5.13 Å². The quantitative estimate of drug-likeness (QED) is 0.444. The predicted octanol–water partition coefficient (Wildman–Crippen LogP) is 4.95. The molecule has 4 rings (SSSR count). The van der Waals surface area contributed by atoms with Crippen molar-refractivity contribution in [3.8, 4) is 17.3 Å². The lowest BCUT2D eigenvalue weighted by Crippen LogP contribution is -2.05. The summed E-state index contributed by atoms with van der Waals surface area (Å²) >= 11 is 4.93. The number of rotatable bonds is 6. The summed E-state index contributed by atoms with van der Waals surface area (Å²) in [6.45, 7) is 2.01. The predicted molar refractivity (Wildman–Crippen MR) is 114 cm³/mol. The molecule has 0 bridgehead atoms. The minimum atomic E-state index is 0.596. The molecule has 0 aliphatic heterocycles. The highest BCUT2D eigenvalue weighted by atomic mass is 79.9. The van der Waals surface area contributed by atoms with Crippen LogP contribution in [0.1, 0.15) is 17.1 Å². The van der Waals surface area contributed by atoms with Crippen molar-refractivity contribution < 1.29 is 4.74 Å². The number of thiazole rings is 1. The number of hydrogen-bond acceptors (Lipinski definition) is 6. The molecule has 0 saturated carbocycles. The Balaban J connectivity index is 1.61. The number of aromatic nitrogens is 4. The van der Waals surface area contributed by atoms with Crippen LogP contribution < -0.4 is 10.5 Å². The second kappa shape index (κ2) is 8.12. The lowest BCUT2D eigenvalue weighted by atomic mass is 10.2. The molecule has 3 aromatic heterocycles. The van der Waals surface area contributed by atoms with Gasteiger partial charge in [0.1, 0.15) is 5.75 Å². The van der Waals surface area contributed by atoms with Crippen LogP contribution in [0.15, 0.2) is 58.5 Å². The first-order valence-electron chi connectivity index (χ1n) is 8.73. The molecule has 142 valence electrons. The average Bonchev–Trinajstić information content (AvgIpc) is 3.26. The summed E-state index contributed by atoms with van der Waals surface area (Å²) in [6.07, 6.45) is 3.32. The van der Waals surface area contributed by atoms with Crippen LogP contribution in [0.25, 0.3) is 5.82 Å². The molecule has 0 fully saturated rings. The Kier molecular flexibility index (Phi) is 5.40. The number of pyridine rings is 1. The third-order valence-electron chi connectivity index (χ3n) is 4.12. The Morgan fingerprint density at radius 3 is 2.68 bits per heavy atom. The van der Waals surface area contributed by atoms with Crippen molar-refractivity contribution >= 4 is 32.4 Å². The number of para-hydroxylation sites is 1. The molecule has 3 heterocycles. The fourth-order valence-electron chi connectivity index (χ4n) is 2.83. The molecule has 0 aliphatic rings. The molecule has 4 aromatic rings. The molecule has 0 radical (unpaired) electrons. The maximum atomic E-state index is 6.07. The number of ether oxygens (including phenoxy) is 1. The SMILES string of the molecule is Cc1cc(CCc2csc(N)n2)nn1-c1ncc(Br)cc1Oc1ccccc1. The molecule has 0 aliphatic carbocycles. The third-order valence-corrected chi connectivity index (χ3v) is 5.27. The van der Waals surface area contributed by atoms with E-state index >= 15 is 0 Å². The van der Waals surface area contributed by atoms with Crippen LogP contribution in [0.2, 0.25) is 0 Å². The summed E-state index contributed by atoms with van der Waals surface area (Å²) in [7, 11) is 0. The number of benzene rings is 1. The first kappa shape index (κ1) is 18.6. The van der Waals surface area contributed by atoms with Crippen LogP contribution >= 0.6 is 27.3 Å². The molecule has 1 aromatic carbocycles. The number of aryl methyl sites for hydroxylation is 3. The Morgan fingerprint density at radius 2 is 1.93 bits per heavy atom. The average molecular weight is 456 g/mol.